The van der Waals surface area contributed by atoms with Crippen molar-refractivity contribution in [2.45, 2.75) is 38.1 Å². The lowest BCUT2D eigenvalue weighted by Gasteiger charge is -2.39. The Hall–Kier alpha value is -0.900. The van der Waals surface area contributed by atoms with Gasteiger partial charge in [-0.1, -0.05) is 24.3 Å². The molecule has 18 heavy (non-hydrogen) atoms. The molecule has 0 bridgehead atoms. The van der Waals surface area contributed by atoms with Crippen molar-refractivity contribution >= 4 is 0 Å². The van der Waals surface area contributed by atoms with Crippen molar-refractivity contribution in [2.24, 2.45) is 0 Å². The summed E-state index contributed by atoms with van der Waals surface area (Å²) < 4.78 is 6.12. The lowest BCUT2D eigenvalue weighted by atomic mass is 9.84. The van der Waals surface area contributed by atoms with Crippen molar-refractivity contribution in [3.63, 3.8) is 0 Å². The van der Waals surface area contributed by atoms with E-state index < -0.39 is 0 Å². The van der Waals surface area contributed by atoms with Crippen LogP contribution in [0.15, 0.2) is 24.3 Å². The molecule has 1 saturated heterocycles. The average Bonchev–Trinajstić information content (AvgIpc) is 2.72. The van der Waals surface area contributed by atoms with Gasteiger partial charge in [0.15, 0.2) is 0 Å². The third-order valence-electron chi connectivity index (χ3n) is 4.20. The Balaban J connectivity index is 1.73. The van der Waals surface area contributed by atoms with Crippen molar-refractivity contribution in [1.29, 1.82) is 0 Å². The number of aliphatic hydroxyl groups is 1. The van der Waals surface area contributed by atoms with Crippen LogP contribution in [0.5, 0.6) is 0 Å². The summed E-state index contributed by atoms with van der Waals surface area (Å²) in [7, 11) is 0. The van der Waals surface area contributed by atoms with Gasteiger partial charge in [0, 0.05) is 19.6 Å². The first-order valence-electron chi connectivity index (χ1n) is 6.82. The van der Waals surface area contributed by atoms with E-state index in [0.29, 0.717) is 0 Å². The van der Waals surface area contributed by atoms with Crippen LogP contribution in [0.1, 0.15) is 30.9 Å². The smallest absolute Gasteiger partial charge is 0.0963 e. The number of hydrogen-bond donors (Lipinski definition) is 1. The number of likely N-dealkylation sites (tertiary alicyclic amines) is 1. The van der Waals surface area contributed by atoms with Gasteiger partial charge in [0.2, 0.25) is 0 Å². The van der Waals surface area contributed by atoms with E-state index >= 15 is 0 Å². The number of piperidine rings is 1. The van der Waals surface area contributed by atoms with Crippen LogP contribution in [0.25, 0.3) is 0 Å². The van der Waals surface area contributed by atoms with Gasteiger partial charge in [-0.2, -0.15) is 0 Å². The Labute approximate surface area is 108 Å². The van der Waals surface area contributed by atoms with Crippen LogP contribution in [0, 0.1) is 0 Å². The second kappa shape index (κ2) is 4.65. The maximum absolute atomic E-state index is 9.45. The van der Waals surface area contributed by atoms with Crippen LogP contribution in [0.3, 0.4) is 0 Å². The molecule has 1 fully saturated rings. The molecule has 2 aliphatic rings. The van der Waals surface area contributed by atoms with E-state index in [1.165, 1.54) is 11.1 Å². The van der Waals surface area contributed by atoms with Crippen molar-refractivity contribution < 1.29 is 9.84 Å². The number of hydrogen-bond acceptors (Lipinski definition) is 3. The highest BCUT2D eigenvalue weighted by molar-refractivity contribution is 5.35. The summed E-state index contributed by atoms with van der Waals surface area (Å²) in [5.41, 5.74) is 2.69. The molecule has 3 nitrogen and oxygen atoms in total. The highest BCUT2D eigenvalue weighted by Gasteiger charge is 2.42. The zero-order chi connectivity index (χ0) is 12.6. The van der Waals surface area contributed by atoms with Gasteiger partial charge in [-0.15, -0.1) is 0 Å². The molecule has 0 saturated carbocycles. The highest BCUT2D eigenvalue weighted by Crippen LogP contribution is 2.43. The molecule has 1 unspecified atom stereocenters. The number of rotatable bonds is 2. The molecule has 0 aliphatic carbocycles. The van der Waals surface area contributed by atoms with E-state index in [1.807, 2.05) is 6.92 Å². The molecule has 3 rings (SSSR count). The van der Waals surface area contributed by atoms with Gasteiger partial charge in [-0.3, -0.25) is 0 Å². The van der Waals surface area contributed by atoms with E-state index in [0.717, 1.165) is 39.1 Å². The Kier molecular flexibility index (Phi) is 3.14. The van der Waals surface area contributed by atoms with Gasteiger partial charge in [-0.05, 0) is 30.9 Å². The molecule has 0 amide bonds. The van der Waals surface area contributed by atoms with E-state index in [2.05, 4.69) is 29.2 Å². The minimum atomic E-state index is -0.240. The first-order chi connectivity index (χ1) is 8.70. The maximum atomic E-state index is 9.45. The van der Waals surface area contributed by atoms with Gasteiger partial charge in [0.1, 0.15) is 0 Å². The van der Waals surface area contributed by atoms with Crippen molar-refractivity contribution in [1.82, 2.24) is 4.90 Å². The molecule has 2 heterocycles. The fourth-order valence-corrected chi connectivity index (χ4v) is 3.27. The molecule has 0 aromatic heterocycles. The summed E-state index contributed by atoms with van der Waals surface area (Å²) in [5.74, 6) is 0. The first kappa shape index (κ1) is 12.2. The SMILES string of the molecule is CC(O)CN1CCC2(CC1)OCc1ccccc12. The molecule has 1 atom stereocenters. The van der Waals surface area contributed by atoms with Crippen LogP contribution in [0.2, 0.25) is 0 Å². The Bertz CT molecular complexity index is 422. The van der Waals surface area contributed by atoms with Gasteiger partial charge in [-0.25, -0.2) is 0 Å². The second-order valence-corrected chi connectivity index (χ2v) is 5.59. The predicted octanol–water partition coefficient (Wildman–Crippen LogP) is 1.89. The van der Waals surface area contributed by atoms with Crippen molar-refractivity contribution in [3.8, 4) is 0 Å². The molecule has 0 radical (unpaired) electrons. The standard InChI is InChI=1S/C15H21NO2/c1-12(17)10-16-8-6-15(7-9-16)14-5-3-2-4-13(14)11-18-15/h2-5,12,17H,6-11H2,1H3. The molecule has 1 aromatic rings. The van der Waals surface area contributed by atoms with Gasteiger partial charge < -0.3 is 14.7 Å². The lowest BCUT2D eigenvalue weighted by molar-refractivity contribution is -0.0820. The van der Waals surface area contributed by atoms with Gasteiger partial charge in [0.05, 0.1) is 18.3 Å². The summed E-state index contributed by atoms with van der Waals surface area (Å²) >= 11 is 0. The number of ether oxygens (including phenoxy) is 1. The minimum Gasteiger partial charge on any atom is -0.392 e. The van der Waals surface area contributed by atoms with Crippen molar-refractivity contribution in [3.05, 3.63) is 35.4 Å². The molecule has 98 valence electrons. The van der Waals surface area contributed by atoms with E-state index in [1.54, 1.807) is 0 Å². The third-order valence-corrected chi connectivity index (χ3v) is 4.20. The molecule has 1 aromatic carbocycles. The molecule has 2 aliphatic heterocycles. The zero-order valence-electron chi connectivity index (χ0n) is 10.9. The van der Waals surface area contributed by atoms with Crippen LogP contribution < -0.4 is 0 Å². The summed E-state index contributed by atoms with van der Waals surface area (Å²) in [5, 5.41) is 9.45. The number of β-amino-alcohol motifs (C(OH)–C–C–N with tert-alkyl or cyclic N) is 1. The Morgan fingerprint density at radius 1 is 1.33 bits per heavy atom. The number of aliphatic hydroxyl groups excluding tert-OH is 1. The molecular weight excluding hydrogens is 226 g/mol. The third kappa shape index (κ3) is 2.07. The number of nitrogens with zero attached hydrogens (tertiary/aromatic N) is 1. The van der Waals surface area contributed by atoms with Crippen LogP contribution in [-0.2, 0) is 16.9 Å². The van der Waals surface area contributed by atoms with Crippen molar-refractivity contribution in [2.75, 3.05) is 19.6 Å². The van der Waals surface area contributed by atoms with E-state index in [4.69, 9.17) is 4.74 Å². The van der Waals surface area contributed by atoms with Crippen LogP contribution in [0.4, 0.5) is 0 Å². The predicted molar refractivity (Wildman–Crippen MR) is 70.3 cm³/mol. The fraction of sp³-hybridized carbons (Fsp3) is 0.600. The lowest BCUT2D eigenvalue weighted by Crippen LogP contribution is -2.44. The Morgan fingerprint density at radius 2 is 2.06 bits per heavy atom. The van der Waals surface area contributed by atoms with Crippen LogP contribution >= 0.6 is 0 Å². The molecule has 1 spiro atoms. The number of fused-ring (bicyclic) bond motifs is 2. The van der Waals surface area contributed by atoms with Gasteiger partial charge in [0.25, 0.3) is 0 Å². The molecule has 3 heteroatoms. The maximum Gasteiger partial charge on any atom is 0.0963 e. The quantitative estimate of drug-likeness (QED) is 0.866. The summed E-state index contributed by atoms with van der Waals surface area (Å²) in [6.07, 6.45) is 1.84. The number of benzene rings is 1. The minimum absolute atomic E-state index is 0.0498. The normalized spacial score (nSPS) is 24.1. The van der Waals surface area contributed by atoms with Gasteiger partial charge >= 0.3 is 0 Å². The first-order valence-corrected chi connectivity index (χ1v) is 6.82. The zero-order valence-corrected chi connectivity index (χ0v) is 10.9. The molecule has 1 N–H and O–H groups in total. The van der Waals surface area contributed by atoms with E-state index in [9.17, 15) is 5.11 Å². The largest absolute Gasteiger partial charge is 0.392 e. The summed E-state index contributed by atoms with van der Waals surface area (Å²) in [4.78, 5) is 2.33. The summed E-state index contributed by atoms with van der Waals surface area (Å²) in [6, 6.07) is 8.58. The van der Waals surface area contributed by atoms with Crippen LogP contribution in [-0.4, -0.2) is 35.7 Å². The average molecular weight is 247 g/mol. The summed E-state index contributed by atoms with van der Waals surface area (Å²) in [6.45, 7) is 5.41. The highest BCUT2D eigenvalue weighted by atomic mass is 16.5. The molecular formula is C15H21NO2. The topological polar surface area (TPSA) is 32.7 Å². The monoisotopic (exact) mass is 247 g/mol. The second-order valence-electron chi connectivity index (χ2n) is 5.59. The van der Waals surface area contributed by atoms with E-state index in [-0.39, 0.29) is 11.7 Å². The fourth-order valence-electron chi connectivity index (χ4n) is 3.27. The Morgan fingerprint density at radius 3 is 2.78 bits per heavy atom.